The zero-order valence-electron chi connectivity index (χ0n) is 13.4. The Kier molecular flexibility index (Phi) is 4.65. The van der Waals surface area contributed by atoms with Gasteiger partial charge in [-0.3, -0.25) is 9.59 Å². The molecule has 0 aliphatic rings. The number of nitrogens with two attached hydrogens (primary N) is 2. The van der Waals surface area contributed by atoms with Crippen LogP contribution in [0.1, 0.15) is 20.7 Å². The van der Waals surface area contributed by atoms with E-state index in [1.807, 2.05) is 0 Å². The zero-order chi connectivity index (χ0) is 18.5. The van der Waals surface area contributed by atoms with Crippen molar-refractivity contribution in [2.24, 2.45) is 11.5 Å². The van der Waals surface area contributed by atoms with Crippen LogP contribution in [0.25, 0.3) is 0 Å². The van der Waals surface area contributed by atoms with E-state index >= 15 is 0 Å². The van der Waals surface area contributed by atoms with E-state index in [9.17, 15) is 9.59 Å². The van der Waals surface area contributed by atoms with E-state index in [4.69, 9.17) is 11.5 Å². The number of benzene rings is 1. The highest BCUT2D eigenvalue weighted by Crippen LogP contribution is 2.30. The molecule has 3 aromatic rings. The molecule has 0 saturated carbocycles. The largest absolute Gasteiger partial charge is 0.366 e. The number of nitrogens with one attached hydrogen (secondary N) is 2. The van der Waals surface area contributed by atoms with Crippen LogP contribution in [0, 0.1) is 0 Å². The van der Waals surface area contributed by atoms with Crippen LogP contribution >= 0.6 is 0 Å². The van der Waals surface area contributed by atoms with Crippen molar-refractivity contribution >= 4 is 35.1 Å². The van der Waals surface area contributed by atoms with E-state index in [0.717, 1.165) is 0 Å². The summed E-state index contributed by atoms with van der Waals surface area (Å²) in [6, 6.07) is 6.11. The van der Waals surface area contributed by atoms with Crippen LogP contribution in [0.2, 0.25) is 0 Å². The molecule has 10 heteroatoms. The average Bonchev–Trinajstić information content (AvgIpc) is 2.64. The van der Waals surface area contributed by atoms with Gasteiger partial charge in [0.1, 0.15) is 0 Å². The summed E-state index contributed by atoms with van der Waals surface area (Å²) < 4.78 is 0. The average molecular weight is 350 g/mol. The number of hydrogen-bond acceptors (Lipinski definition) is 8. The molecule has 26 heavy (non-hydrogen) atoms. The van der Waals surface area contributed by atoms with E-state index in [2.05, 4.69) is 30.6 Å². The first-order chi connectivity index (χ1) is 12.5. The molecule has 0 bridgehead atoms. The normalized spacial score (nSPS) is 10.2. The second-order valence-corrected chi connectivity index (χ2v) is 5.07. The Bertz CT molecular complexity index is 869. The van der Waals surface area contributed by atoms with E-state index in [-0.39, 0.29) is 23.0 Å². The number of primary amides is 2. The number of aromatic nitrogens is 4. The third kappa shape index (κ3) is 3.70. The van der Waals surface area contributed by atoms with Gasteiger partial charge in [-0.25, -0.2) is 19.9 Å². The smallest absolute Gasteiger partial charge is 0.249 e. The highest BCUT2D eigenvalue weighted by atomic mass is 16.2. The summed E-state index contributed by atoms with van der Waals surface area (Å²) in [6.07, 6.45) is 6.20. The van der Waals surface area contributed by atoms with Gasteiger partial charge in [0.05, 0.1) is 22.5 Å². The van der Waals surface area contributed by atoms with Gasteiger partial charge >= 0.3 is 0 Å². The summed E-state index contributed by atoms with van der Waals surface area (Å²) in [7, 11) is 0. The molecule has 0 saturated heterocycles. The van der Waals surface area contributed by atoms with Gasteiger partial charge < -0.3 is 22.1 Å². The molecule has 1 aromatic carbocycles. The van der Waals surface area contributed by atoms with E-state index < -0.39 is 11.8 Å². The minimum absolute atomic E-state index is 0.0320. The molecule has 130 valence electrons. The Balaban J connectivity index is 2.10. The van der Waals surface area contributed by atoms with Gasteiger partial charge in [0.2, 0.25) is 23.7 Å². The van der Waals surface area contributed by atoms with Crippen LogP contribution in [0.3, 0.4) is 0 Å². The van der Waals surface area contributed by atoms with Gasteiger partial charge in [-0.05, 0) is 24.3 Å². The highest BCUT2D eigenvalue weighted by Gasteiger charge is 2.18. The molecule has 0 unspecified atom stereocenters. The van der Waals surface area contributed by atoms with Crippen LogP contribution in [0.5, 0.6) is 0 Å². The topological polar surface area (TPSA) is 162 Å². The first-order valence-corrected chi connectivity index (χ1v) is 7.40. The van der Waals surface area contributed by atoms with E-state index in [0.29, 0.717) is 11.4 Å². The first-order valence-electron chi connectivity index (χ1n) is 7.40. The number of carbonyl (C=O) groups excluding carboxylic acids is 2. The van der Waals surface area contributed by atoms with Crippen molar-refractivity contribution in [1.29, 1.82) is 0 Å². The van der Waals surface area contributed by atoms with Gasteiger partial charge in [0.25, 0.3) is 0 Å². The third-order valence-electron chi connectivity index (χ3n) is 3.31. The molecule has 2 amide bonds. The van der Waals surface area contributed by atoms with E-state index in [1.165, 1.54) is 12.1 Å². The second kappa shape index (κ2) is 7.21. The Morgan fingerprint density at radius 3 is 1.35 bits per heavy atom. The predicted octanol–water partition coefficient (Wildman–Crippen LogP) is 0.952. The molecular weight excluding hydrogens is 336 g/mol. The van der Waals surface area contributed by atoms with Crippen LogP contribution in [-0.2, 0) is 0 Å². The lowest BCUT2D eigenvalue weighted by Crippen LogP contribution is -2.21. The summed E-state index contributed by atoms with van der Waals surface area (Å²) in [5, 5.41) is 5.91. The lowest BCUT2D eigenvalue weighted by Gasteiger charge is -2.15. The number of rotatable bonds is 6. The Morgan fingerprint density at radius 2 is 1.04 bits per heavy atom. The Hall–Kier alpha value is -4.08. The van der Waals surface area contributed by atoms with Crippen molar-refractivity contribution in [3.8, 4) is 0 Å². The summed E-state index contributed by atoms with van der Waals surface area (Å²) in [5.41, 5.74) is 11.5. The molecular formula is C16H14N8O2. The van der Waals surface area contributed by atoms with Crippen LogP contribution < -0.4 is 22.1 Å². The number of hydrogen-bond donors (Lipinski definition) is 4. The van der Waals surface area contributed by atoms with Crippen molar-refractivity contribution in [2.75, 3.05) is 10.6 Å². The fourth-order valence-corrected chi connectivity index (χ4v) is 2.18. The molecule has 0 radical (unpaired) electrons. The van der Waals surface area contributed by atoms with Crippen LogP contribution in [0.4, 0.5) is 23.3 Å². The van der Waals surface area contributed by atoms with Gasteiger partial charge in [0.15, 0.2) is 0 Å². The summed E-state index contributed by atoms with van der Waals surface area (Å²) >= 11 is 0. The standard InChI is InChI=1S/C16H14N8O2/c17-13(25)9-7-11(23-15-19-3-1-4-20-15)12(8-10(9)14(18)26)24-16-21-5-2-6-22-16/h1-8H,(H2,17,25)(H2,18,26)(H,19,20,23)(H,21,22,24). The fourth-order valence-electron chi connectivity index (χ4n) is 2.18. The molecule has 10 nitrogen and oxygen atoms in total. The maximum Gasteiger partial charge on any atom is 0.249 e. The van der Waals surface area contributed by atoms with Gasteiger partial charge in [-0.2, -0.15) is 0 Å². The minimum atomic E-state index is -0.793. The number of nitrogens with zero attached hydrogens (tertiary/aromatic N) is 4. The predicted molar refractivity (Wildman–Crippen MR) is 94.1 cm³/mol. The molecule has 0 aliphatic carbocycles. The third-order valence-corrected chi connectivity index (χ3v) is 3.31. The number of anilines is 4. The summed E-state index contributed by atoms with van der Waals surface area (Å²) in [4.78, 5) is 39.7. The fraction of sp³-hybridized carbons (Fsp3) is 0. The van der Waals surface area contributed by atoms with Crippen molar-refractivity contribution in [1.82, 2.24) is 19.9 Å². The summed E-state index contributed by atoms with van der Waals surface area (Å²) in [6.45, 7) is 0. The van der Waals surface area contributed by atoms with Crippen molar-refractivity contribution in [2.45, 2.75) is 0 Å². The minimum Gasteiger partial charge on any atom is -0.366 e. The number of carbonyl (C=O) groups is 2. The zero-order valence-corrected chi connectivity index (χ0v) is 13.4. The van der Waals surface area contributed by atoms with Gasteiger partial charge in [-0.1, -0.05) is 0 Å². The van der Waals surface area contributed by atoms with Crippen molar-refractivity contribution in [3.05, 3.63) is 60.2 Å². The molecule has 0 atom stereocenters. The van der Waals surface area contributed by atoms with Crippen LogP contribution in [-0.4, -0.2) is 31.8 Å². The van der Waals surface area contributed by atoms with E-state index in [1.54, 1.807) is 36.9 Å². The van der Waals surface area contributed by atoms with Gasteiger partial charge in [0, 0.05) is 24.8 Å². The van der Waals surface area contributed by atoms with Crippen molar-refractivity contribution in [3.63, 3.8) is 0 Å². The summed E-state index contributed by atoms with van der Waals surface area (Å²) in [5.74, 6) is -1.02. The number of amides is 2. The molecule has 0 aliphatic heterocycles. The quantitative estimate of drug-likeness (QED) is 0.510. The highest BCUT2D eigenvalue weighted by molar-refractivity contribution is 6.08. The molecule has 3 rings (SSSR count). The molecule has 0 fully saturated rings. The second-order valence-electron chi connectivity index (χ2n) is 5.07. The lowest BCUT2D eigenvalue weighted by atomic mass is 10.0. The monoisotopic (exact) mass is 350 g/mol. The maximum atomic E-state index is 11.7. The SMILES string of the molecule is NC(=O)c1cc(Nc2ncccn2)c(Nc2ncccn2)cc1C(N)=O. The molecule has 2 heterocycles. The van der Waals surface area contributed by atoms with Gasteiger partial charge in [-0.15, -0.1) is 0 Å². The first kappa shape index (κ1) is 16.8. The molecule has 6 N–H and O–H groups in total. The Labute approximate surface area is 147 Å². The maximum absolute atomic E-state index is 11.7. The molecule has 2 aromatic heterocycles. The Morgan fingerprint density at radius 1 is 0.692 bits per heavy atom. The van der Waals surface area contributed by atoms with Crippen LogP contribution in [0.15, 0.2) is 49.1 Å². The molecule has 0 spiro atoms. The lowest BCUT2D eigenvalue weighted by molar-refractivity contribution is 0.0967. The van der Waals surface area contributed by atoms with Crippen molar-refractivity contribution < 1.29 is 9.59 Å².